The third kappa shape index (κ3) is 2.46. The lowest BCUT2D eigenvalue weighted by Gasteiger charge is -2.16. The molecule has 1 aliphatic carbocycles. The fraction of sp³-hybridized carbons (Fsp3) is 0.615. The van der Waals surface area contributed by atoms with Crippen LogP contribution in [0.2, 0.25) is 0 Å². The van der Waals surface area contributed by atoms with Crippen molar-refractivity contribution < 1.29 is 9.90 Å². The maximum absolute atomic E-state index is 11.4. The van der Waals surface area contributed by atoms with E-state index in [9.17, 15) is 9.90 Å². The van der Waals surface area contributed by atoms with Gasteiger partial charge in [-0.3, -0.25) is 4.79 Å². The van der Waals surface area contributed by atoms with E-state index < -0.39 is 11.9 Å². The first kappa shape index (κ1) is 12.0. The second-order valence-electron chi connectivity index (χ2n) is 5.06. The lowest BCUT2D eigenvalue weighted by molar-refractivity contribution is -0.139. The van der Waals surface area contributed by atoms with Crippen molar-refractivity contribution in [3.8, 4) is 0 Å². The molecule has 1 heterocycles. The number of aliphatic carboxylic acids is 1. The van der Waals surface area contributed by atoms with Crippen LogP contribution >= 0.6 is 0 Å². The van der Waals surface area contributed by atoms with E-state index in [0.717, 1.165) is 36.2 Å². The molecule has 92 valence electrons. The summed E-state index contributed by atoms with van der Waals surface area (Å²) in [5, 5.41) is 9.35. The minimum Gasteiger partial charge on any atom is -0.481 e. The smallest absolute Gasteiger partial charge is 0.312 e. The summed E-state index contributed by atoms with van der Waals surface area (Å²) in [6.45, 7) is 4.08. The van der Waals surface area contributed by atoms with Gasteiger partial charge in [0, 0.05) is 5.69 Å². The normalized spacial score (nSPS) is 15.9. The van der Waals surface area contributed by atoms with Crippen LogP contribution in [0.5, 0.6) is 0 Å². The highest BCUT2D eigenvalue weighted by Crippen LogP contribution is 2.30. The Hall–Kier alpha value is -1.45. The number of hydrogen-bond donors (Lipinski definition) is 1. The van der Waals surface area contributed by atoms with Gasteiger partial charge in [-0.05, 0) is 37.2 Å². The average Bonchev–Trinajstić information content (AvgIpc) is 2.73. The second-order valence-corrected chi connectivity index (χ2v) is 5.06. The van der Waals surface area contributed by atoms with Gasteiger partial charge in [-0.2, -0.15) is 0 Å². The Bertz CT molecular complexity index is 429. The van der Waals surface area contributed by atoms with Gasteiger partial charge in [0.05, 0.1) is 11.6 Å². The standard InChI is InChI=1S/C13H18N2O2/c1-8(2)6-10(13(16)17)12-9-4-3-5-11(9)14-7-15-12/h7-8,10H,3-6H2,1-2H3,(H,16,17). The molecule has 0 fully saturated rings. The summed E-state index contributed by atoms with van der Waals surface area (Å²) >= 11 is 0. The molecule has 0 spiro atoms. The fourth-order valence-electron chi connectivity index (χ4n) is 2.49. The van der Waals surface area contributed by atoms with Crippen LogP contribution in [0, 0.1) is 5.92 Å². The molecule has 2 rings (SSSR count). The Morgan fingerprint density at radius 3 is 2.82 bits per heavy atom. The molecule has 0 bridgehead atoms. The SMILES string of the molecule is CC(C)CC(C(=O)O)c1ncnc2c1CCC2. The van der Waals surface area contributed by atoms with Crippen LogP contribution in [0.25, 0.3) is 0 Å². The highest BCUT2D eigenvalue weighted by atomic mass is 16.4. The first-order valence-electron chi connectivity index (χ1n) is 6.15. The molecule has 1 aromatic rings. The van der Waals surface area contributed by atoms with E-state index in [4.69, 9.17) is 0 Å². The molecule has 4 nitrogen and oxygen atoms in total. The molecule has 0 aromatic carbocycles. The molecule has 0 amide bonds. The first-order valence-corrected chi connectivity index (χ1v) is 6.15. The van der Waals surface area contributed by atoms with Crippen LogP contribution in [-0.2, 0) is 17.6 Å². The Morgan fingerprint density at radius 1 is 1.41 bits per heavy atom. The topological polar surface area (TPSA) is 63.1 Å². The molecule has 17 heavy (non-hydrogen) atoms. The third-order valence-corrected chi connectivity index (χ3v) is 3.24. The average molecular weight is 234 g/mol. The van der Waals surface area contributed by atoms with Crippen LogP contribution in [0.15, 0.2) is 6.33 Å². The van der Waals surface area contributed by atoms with Crippen LogP contribution < -0.4 is 0 Å². The Labute approximate surface area is 101 Å². The van der Waals surface area contributed by atoms with E-state index in [1.807, 2.05) is 13.8 Å². The Morgan fingerprint density at radius 2 is 2.18 bits per heavy atom. The summed E-state index contributed by atoms with van der Waals surface area (Å²) in [7, 11) is 0. The monoisotopic (exact) mass is 234 g/mol. The number of aromatic nitrogens is 2. The van der Waals surface area contributed by atoms with E-state index in [-0.39, 0.29) is 0 Å². The first-order chi connectivity index (χ1) is 8.09. The van der Waals surface area contributed by atoms with Gasteiger partial charge in [0.1, 0.15) is 6.33 Å². The van der Waals surface area contributed by atoms with Gasteiger partial charge in [-0.1, -0.05) is 13.8 Å². The van der Waals surface area contributed by atoms with Crippen molar-refractivity contribution in [2.45, 2.75) is 45.4 Å². The highest BCUT2D eigenvalue weighted by molar-refractivity contribution is 5.76. The number of aryl methyl sites for hydroxylation is 1. The van der Waals surface area contributed by atoms with E-state index in [0.29, 0.717) is 12.3 Å². The lowest BCUT2D eigenvalue weighted by Crippen LogP contribution is -2.17. The Balaban J connectivity index is 2.36. The predicted octanol–water partition coefficient (Wildman–Crippen LogP) is 2.18. The molecular weight excluding hydrogens is 216 g/mol. The summed E-state index contributed by atoms with van der Waals surface area (Å²) in [6, 6.07) is 0. The molecule has 0 aliphatic heterocycles. The van der Waals surface area contributed by atoms with Crippen molar-refractivity contribution >= 4 is 5.97 Å². The summed E-state index contributed by atoms with van der Waals surface area (Å²) in [6.07, 6.45) is 5.09. The lowest BCUT2D eigenvalue weighted by atomic mass is 9.91. The van der Waals surface area contributed by atoms with Crippen LogP contribution in [0.1, 0.15) is 49.6 Å². The molecule has 0 radical (unpaired) electrons. The van der Waals surface area contributed by atoms with Gasteiger partial charge in [0.15, 0.2) is 0 Å². The van der Waals surface area contributed by atoms with Crippen molar-refractivity contribution in [1.29, 1.82) is 0 Å². The van der Waals surface area contributed by atoms with Crippen LogP contribution in [-0.4, -0.2) is 21.0 Å². The van der Waals surface area contributed by atoms with Crippen LogP contribution in [0.4, 0.5) is 0 Å². The molecule has 0 saturated heterocycles. The molecule has 1 aliphatic rings. The van der Waals surface area contributed by atoms with E-state index in [1.54, 1.807) is 0 Å². The third-order valence-electron chi connectivity index (χ3n) is 3.24. The number of nitrogens with zero attached hydrogens (tertiary/aromatic N) is 2. The maximum atomic E-state index is 11.4. The number of carboxylic acids is 1. The van der Waals surface area contributed by atoms with E-state index in [2.05, 4.69) is 9.97 Å². The van der Waals surface area contributed by atoms with Crippen molar-refractivity contribution in [3.63, 3.8) is 0 Å². The molecule has 0 saturated carbocycles. The molecule has 4 heteroatoms. The van der Waals surface area contributed by atoms with Crippen molar-refractivity contribution in [2.24, 2.45) is 5.92 Å². The second kappa shape index (κ2) is 4.82. The quantitative estimate of drug-likeness (QED) is 0.867. The number of rotatable bonds is 4. The van der Waals surface area contributed by atoms with Gasteiger partial charge in [0.2, 0.25) is 0 Å². The van der Waals surface area contributed by atoms with Gasteiger partial charge in [-0.25, -0.2) is 9.97 Å². The molecule has 1 unspecified atom stereocenters. The van der Waals surface area contributed by atoms with Gasteiger partial charge >= 0.3 is 5.97 Å². The summed E-state index contributed by atoms with van der Waals surface area (Å²) < 4.78 is 0. The van der Waals surface area contributed by atoms with Crippen LogP contribution in [0.3, 0.4) is 0 Å². The largest absolute Gasteiger partial charge is 0.481 e. The molecule has 1 N–H and O–H groups in total. The number of fused-ring (bicyclic) bond motifs is 1. The zero-order valence-electron chi connectivity index (χ0n) is 10.3. The number of hydrogen-bond acceptors (Lipinski definition) is 3. The predicted molar refractivity (Wildman–Crippen MR) is 63.9 cm³/mol. The van der Waals surface area contributed by atoms with E-state index >= 15 is 0 Å². The summed E-state index contributed by atoms with van der Waals surface area (Å²) in [5.41, 5.74) is 2.87. The summed E-state index contributed by atoms with van der Waals surface area (Å²) in [5.74, 6) is -0.903. The molecular formula is C13H18N2O2. The maximum Gasteiger partial charge on any atom is 0.312 e. The highest BCUT2D eigenvalue weighted by Gasteiger charge is 2.28. The molecule has 1 aromatic heterocycles. The zero-order chi connectivity index (χ0) is 12.4. The van der Waals surface area contributed by atoms with Gasteiger partial charge < -0.3 is 5.11 Å². The minimum absolute atomic E-state index is 0.350. The zero-order valence-corrected chi connectivity index (χ0v) is 10.3. The number of carboxylic acid groups (broad SMARTS) is 1. The molecule has 1 atom stereocenters. The minimum atomic E-state index is -0.772. The van der Waals surface area contributed by atoms with Gasteiger partial charge in [0.25, 0.3) is 0 Å². The summed E-state index contributed by atoms with van der Waals surface area (Å²) in [4.78, 5) is 19.8. The number of carbonyl (C=O) groups is 1. The van der Waals surface area contributed by atoms with Crippen molar-refractivity contribution in [3.05, 3.63) is 23.3 Å². The van der Waals surface area contributed by atoms with Gasteiger partial charge in [-0.15, -0.1) is 0 Å². The van der Waals surface area contributed by atoms with Crippen molar-refractivity contribution in [1.82, 2.24) is 9.97 Å². The fourth-order valence-corrected chi connectivity index (χ4v) is 2.49. The van der Waals surface area contributed by atoms with Crippen molar-refractivity contribution in [2.75, 3.05) is 0 Å². The van der Waals surface area contributed by atoms with E-state index in [1.165, 1.54) is 6.33 Å². The Kier molecular flexibility index (Phi) is 3.41.